The van der Waals surface area contributed by atoms with Crippen LogP contribution in [0.25, 0.3) is 0 Å². The Morgan fingerprint density at radius 1 is 0.667 bits per heavy atom. The number of likely N-dealkylation sites (N-methyl/N-ethyl adjacent to an activating group) is 1. The van der Waals surface area contributed by atoms with Crippen LogP contribution in [0.2, 0.25) is 0 Å². The average molecular weight is 503 g/mol. The fourth-order valence-corrected chi connectivity index (χ4v) is 5.76. The molecule has 2 atom stereocenters. The summed E-state index contributed by atoms with van der Waals surface area (Å²) < 4.78 is 0.478. The van der Waals surface area contributed by atoms with Crippen molar-refractivity contribution in [3.63, 3.8) is 0 Å². The molecular weight excluding hydrogens is 442 g/mol. The number of carbonyl (C=O) groups is 1. The maximum atomic E-state index is 12.2. The monoisotopic (exact) mass is 502 g/mol. The largest absolute Gasteiger partial charge is 0.477 e. The van der Waals surface area contributed by atoms with E-state index in [1.54, 1.807) is 0 Å². The van der Waals surface area contributed by atoms with Crippen LogP contribution in [0.4, 0.5) is 0 Å². The van der Waals surface area contributed by atoms with Gasteiger partial charge in [-0.05, 0) is 18.4 Å². The van der Waals surface area contributed by atoms with E-state index < -0.39 is 5.97 Å². The Balaban J connectivity index is 2.11. The molecule has 1 aromatic carbocycles. The van der Waals surface area contributed by atoms with Gasteiger partial charge >= 0.3 is 5.97 Å². The smallest absolute Gasteiger partial charge is 0.362 e. The van der Waals surface area contributed by atoms with Gasteiger partial charge in [-0.25, -0.2) is 4.79 Å². The fourth-order valence-electron chi connectivity index (χ4n) is 5.76. The molecule has 0 spiro atoms. The molecule has 0 aliphatic carbocycles. The van der Waals surface area contributed by atoms with Gasteiger partial charge in [0.15, 0.2) is 6.04 Å². The second-order valence-electron chi connectivity index (χ2n) is 12.1. The lowest BCUT2D eigenvalue weighted by atomic mass is 9.86. The maximum Gasteiger partial charge on any atom is 0.362 e. The summed E-state index contributed by atoms with van der Waals surface area (Å²) in [5.74, 6) is -0.489. The third-order valence-corrected chi connectivity index (χ3v) is 7.80. The van der Waals surface area contributed by atoms with E-state index in [0.29, 0.717) is 4.48 Å². The van der Waals surface area contributed by atoms with Crippen molar-refractivity contribution in [1.29, 1.82) is 0 Å². The van der Waals surface area contributed by atoms with Gasteiger partial charge in [0, 0.05) is 5.92 Å². The van der Waals surface area contributed by atoms with Gasteiger partial charge in [-0.2, -0.15) is 0 Å². The molecule has 208 valence electrons. The minimum absolute atomic E-state index is 0.172. The molecule has 0 saturated carbocycles. The molecule has 36 heavy (non-hydrogen) atoms. The van der Waals surface area contributed by atoms with Crippen molar-refractivity contribution < 1.29 is 14.4 Å². The van der Waals surface area contributed by atoms with E-state index in [2.05, 4.69) is 31.2 Å². The van der Waals surface area contributed by atoms with E-state index in [0.717, 1.165) is 19.3 Å². The van der Waals surface area contributed by atoms with Gasteiger partial charge in [0.2, 0.25) is 0 Å². The van der Waals surface area contributed by atoms with E-state index in [9.17, 15) is 9.90 Å². The first-order valence-corrected chi connectivity index (χ1v) is 15.4. The standard InChI is InChI=1S/C33H59NO2/c1-5-6-7-8-9-10-11-12-13-14-15-16-17-18-19-20-21-25-28-31(29-30-26-23-22-24-27-30)32(33(35)36)34(2,3)4/h22-24,26-27,31-32H,5-21,25,28-29H2,1-4H3/p+1. The predicted molar refractivity (Wildman–Crippen MR) is 156 cm³/mol. The van der Waals surface area contributed by atoms with Gasteiger partial charge in [-0.3, -0.25) is 0 Å². The van der Waals surface area contributed by atoms with Crippen LogP contribution in [-0.4, -0.2) is 42.7 Å². The quantitative estimate of drug-likeness (QED) is 0.113. The molecule has 0 saturated heterocycles. The Labute approximate surface area is 224 Å². The first-order valence-electron chi connectivity index (χ1n) is 15.4. The molecule has 0 aromatic heterocycles. The van der Waals surface area contributed by atoms with E-state index in [1.165, 1.54) is 115 Å². The van der Waals surface area contributed by atoms with Crippen LogP contribution in [0.3, 0.4) is 0 Å². The normalized spacial score (nSPS) is 13.6. The van der Waals surface area contributed by atoms with Crippen LogP contribution in [0, 0.1) is 5.92 Å². The van der Waals surface area contributed by atoms with E-state index in [-0.39, 0.29) is 12.0 Å². The Kier molecular flexibility index (Phi) is 18.8. The van der Waals surface area contributed by atoms with Gasteiger partial charge in [-0.1, -0.05) is 153 Å². The van der Waals surface area contributed by atoms with Gasteiger partial charge in [0.25, 0.3) is 0 Å². The lowest BCUT2D eigenvalue weighted by molar-refractivity contribution is -0.891. The highest BCUT2D eigenvalue weighted by molar-refractivity contribution is 5.72. The molecule has 0 aliphatic heterocycles. The highest BCUT2D eigenvalue weighted by Crippen LogP contribution is 2.26. The van der Waals surface area contributed by atoms with E-state index >= 15 is 0 Å². The summed E-state index contributed by atoms with van der Waals surface area (Å²) in [7, 11) is 6.06. The molecule has 3 nitrogen and oxygen atoms in total. The van der Waals surface area contributed by atoms with Crippen molar-refractivity contribution in [2.24, 2.45) is 5.92 Å². The van der Waals surface area contributed by atoms with Crippen molar-refractivity contribution in [2.45, 2.75) is 141 Å². The Morgan fingerprint density at radius 2 is 1.06 bits per heavy atom. The highest BCUT2D eigenvalue weighted by atomic mass is 16.4. The SMILES string of the molecule is CCCCCCCCCCCCCCCCCCCCC(Cc1ccccc1)C(C(=O)O)[N+](C)(C)C. The number of hydrogen-bond donors (Lipinski definition) is 1. The minimum Gasteiger partial charge on any atom is -0.477 e. The molecule has 0 amide bonds. The average Bonchev–Trinajstić information content (AvgIpc) is 2.82. The van der Waals surface area contributed by atoms with Gasteiger partial charge in [0.05, 0.1) is 21.1 Å². The van der Waals surface area contributed by atoms with Gasteiger partial charge < -0.3 is 9.59 Å². The summed E-state index contributed by atoms with van der Waals surface area (Å²) in [5.41, 5.74) is 1.25. The second kappa shape index (κ2) is 20.7. The molecule has 1 aromatic rings. The van der Waals surface area contributed by atoms with Gasteiger partial charge in [-0.15, -0.1) is 0 Å². The van der Waals surface area contributed by atoms with Gasteiger partial charge in [0.1, 0.15) is 0 Å². The maximum absolute atomic E-state index is 12.2. The number of nitrogens with zero attached hydrogens (tertiary/aromatic N) is 1. The van der Waals surface area contributed by atoms with E-state index in [4.69, 9.17) is 0 Å². The fraction of sp³-hybridized carbons (Fsp3) is 0.788. The number of quaternary nitrogens is 1. The topological polar surface area (TPSA) is 37.3 Å². The number of unbranched alkanes of at least 4 members (excludes halogenated alkanes) is 17. The first-order chi connectivity index (χ1) is 17.4. The van der Waals surface area contributed by atoms with E-state index in [1.807, 2.05) is 27.2 Å². The van der Waals surface area contributed by atoms with Crippen LogP contribution in [0.15, 0.2) is 30.3 Å². The number of carboxylic acids is 1. The predicted octanol–water partition coefficient (Wildman–Crippen LogP) is 9.44. The van der Waals surface area contributed by atoms with Crippen LogP contribution >= 0.6 is 0 Å². The van der Waals surface area contributed by atoms with Crippen molar-refractivity contribution in [2.75, 3.05) is 21.1 Å². The third kappa shape index (κ3) is 16.4. The third-order valence-electron chi connectivity index (χ3n) is 7.80. The summed E-state index contributed by atoms with van der Waals surface area (Å²) in [6.45, 7) is 2.29. The van der Waals surface area contributed by atoms with Crippen molar-refractivity contribution in [1.82, 2.24) is 0 Å². The van der Waals surface area contributed by atoms with Crippen molar-refractivity contribution >= 4 is 5.97 Å². The van der Waals surface area contributed by atoms with Crippen LogP contribution in [-0.2, 0) is 11.2 Å². The number of carboxylic acid groups (broad SMARTS) is 1. The van der Waals surface area contributed by atoms with Crippen LogP contribution in [0.1, 0.15) is 134 Å². The number of rotatable bonds is 24. The zero-order valence-corrected chi connectivity index (χ0v) is 24.5. The molecule has 1 N–H and O–H groups in total. The Morgan fingerprint density at radius 3 is 1.42 bits per heavy atom. The summed E-state index contributed by atoms with van der Waals surface area (Å²) in [4.78, 5) is 12.2. The lowest BCUT2D eigenvalue weighted by Crippen LogP contribution is -2.54. The summed E-state index contributed by atoms with van der Waals surface area (Å²) in [6.07, 6.45) is 26.7. The highest BCUT2D eigenvalue weighted by Gasteiger charge is 2.38. The molecular formula is C33H60NO2+. The molecule has 0 heterocycles. The molecule has 0 aliphatic rings. The zero-order chi connectivity index (χ0) is 26.5. The number of aliphatic carboxylic acids is 1. The minimum atomic E-state index is -0.661. The number of benzene rings is 1. The molecule has 3 heteroatoms. The Hall–Kier alpha value is -1.35. The van der Waals surface area contributed by atoms with Crippen LogP contribution in [0.5, 0.6) is 0 Å². The molecule has 1 rings (SSSR count). The molecule has 2 unspecified atom stereocenters. The lowest BCUT2D eigenvalue weighted by Gasteiger charge is -2.36. The zero-order valence-electron chi connectivity index (χ0n) is 24.5. The summed E-state index contributed by atoms with van der Waals surface area (Å²) in [5, 5.41) is 9.99. The van der Waals surface area contributed by atoms with Crippen LogP contribution < -0.4 is 0 Å². The molecule has 0 fully saturated rings. The number of hydrogen-bond acceptors (Lipinski definition) is 1. The first kappa shape index (κ1) is 32.7. The second-order valence-corrected chi connectivity index (χ2v) is 12.1. The Bertz CT molecular complexity index is 637. The summed E-state index contributed by atoms with van der Waals surface area (Å²) in [6, 6.07) is 10.1. The van der Waals surface area contributed by atoms with Crippen molar-refractivity contribution in [3.05, 3.63) is 35.9 Å². The molecule has 0 bridgehead atoms. The van der Waals surface area contributed by atoms with Crippen molar-refractivity contribution in [3.8, 4) is 0 Å². The summed E-state index contributed by atoms with van der Waals surface area (Å²) >= 11 is 0. The molecule has 0 radical (unpaired) electrons.